The van der Waals surface area contributed by atoms with Crippen LogP contribution in [0, 0.1) is 13.8 Å². The van der Waals surface area contributed by atoms with E-state index in [1.165, 1.54) is 5.56 Å². The second-order valence-electron chi connectivity index (χ2n) is 6.55. The number of esters is 1. The van der Waals surface area contributed by atoms with E-state index in [0.717, 1.165) is 12.1 Å². The van der Waals surface area contributed by atoms with E-state index in [4.69, 9.17) is 4.74 Å². The van der Waals surface area contributed by atoms with Gasteiger partial charge in [-0.05, 0) is 50.3 Å². The van der Waals surface area contributed by atoms with Crippen molar-refractivity contribution < 1.29 is 14.3 Å². The van der Waals surface area contributed by atoms with Crippen molar-refractivity contribution in [1.29, 1.82) is 0 Å². The summed E-state index contributed by atoms with van der Waals surface area (Å²) >= 11 is 0. The van der Waals surface area contributed by atoms with E-state index in [0.29, 0.717) is 41.6 Å². The summed E-state index contributed by atoms with van der Waals surface area (Å²) < 4.78 is 5.11. The van der Waals surface area contributed by atoms with Crippen molar-refractivity contribution in [3.05, 3.63) is 52.3 Å². The zero-order chi connectivity index (χ0) is 18.1. The Hall–Kier alpha value is -2.56. The van der Waals surface area contributed by atoms with Gasteiger partial charge in [0.25, 0.3) is 5.91 Å². The molecule has 0 saturated heterocycles. The van der Waals surface area contributed by atoms with Crippen LogP contribution < -0.4 is 4.90 Å². The number of hydrogen-bond donors (Lipinski definition) is 1. The first-order valence-electron chi connectivity index (χ1n) is 8.72. The number of nitrogens with one attached hydrogen (secondary N) is 1. The number of fused-ring (bicyclic) bond motifs is 1. The van der Waals surface area contributed by atoms with Gasteiger partial charge >= 0.3 is 5.97 Å². The number of carbonyl (C=O) groups is 2. The second-order valence-corrected chi connectivity index (χ2v) is 6.55. The normalized spacial score (nSPS) is 16.5. The molecular formula is C20H24N2O3. The molecule has 1 aromatic carbocycles. The predicted octanol–water partition coefficient (Wildman–Crippen LogP) is 3.96. The van der Waals surface area contributed by atoms with Gasteiger partial charge in [0, 0.05) is 17.9 Å². The average molecular weight is 340 g/mol. The quantitative estimate of drug-likeness (QED) is 0.860. The Morgan fingerprint density at radius 2 is 2.00 bits per heavy atom. The van der Waals surface area contributed by atoms with Crippen molar-refractivity contribution in [2.75, 3.05) is 18.1 Å². The van der Waals surface area contributed by atoms with E-state index >= 15 is 0 Å². The van der Waals surface area contributed by atoms with Crippen LogP contribution >= 0.6 is 0 Å². The van der Waals surface area contributed by atoms with E-state index in [-0.39, 0.29) is 11.9 Å². The second kappa shape index (κ2) is 6.75. The summed E-state index contributed by atoms with van der Waals surface area (Å²) in [5.74, 6) is -0.0576. The Bertz CT molecular complexity index is 822. The van der Waals surface area contributed by atoms with Crippen LogP contribution in [0.2, 0.25) is 0 Å². The van der Waals surface area contributed by atoms with Gasteiger partial charge in [-0.2, -0.15) is 0 Å². The molecule has 1 aromatic heterocycles. The first-order valence-corrected chi connectivity index (χ1v) is 8.72. The summed E-state index contributed by atoms with van der Waals surface area (Å²) in [6.07, 6.45) is 0.923. The fraction of sp³-hybridized carbons (Fsp3) is 0.400. The minimum Gasteiger partial charge on any atom is -0.462 e. The average Bonchev–Trinajstić information content (AvgIpc) is 2.90. The topological polar surface area (TPSA) is 62.4 Å². The van der Waals surface area contributed by atoms with Gasteiger partial charge in [-0.25, -0.2) is 4.79 Å². The lowest BCUT2D eigenvalue weighted by Crippen LogP contribution is -2.36. The number of aromatic nitrogens is 1. The van der Waals surface area contributed by atoms with Crippen LogP contribution in [-0.4, -0.2) is 30.0 Å². The van der Waals surface area contributed by atoms with Crippen LogP contribution in [0.5, 0.6) is 0 Å². The number of nitrogens with zero attached hydrogens (tertiary/aromatic N) is 1. The van der Waals surface area contributed by atoms with Crippen molar-refractivity contribution in [3.63, 3.8) is 0 Å². The molecule has 2 aromatic rings. The van der Waals surface area contributed by atoms with Gasteiger partial charge in [-0.3, -0.25) is 4.79 Å². The maximum atomic E-state index is 13.2. The van der Waals surface area contributed by atoms with Gasteiger partial charge in [0.15, 0.2) is 0 Å². The zero-order valence-corrected chi connectivity index (χ0v) is 15.2. The molecule has 1 aliphatic rings. The number of aromatic amines is 1. The molecule has 1 amide bonds. The molecule has 3 rings (SSSR count). The first kappa shape index (κ1) is 17.3. The van der Waals surface area contributed by atoms with Gasteiger partial charge in [-0.15, -0.1) is 0 Å². The lowest BCUT2D eigenvalue weighted by molar-refractivity contribution is 0.0525. The highest BCUT2D eigenvalue weighted by Gasteiger charge is 2.30. The maximum absolute atomic E-state index is 13.2. The van der Waals surface area contributed by atoms with Crippen LogP contribution in [0.15, 0.2) is 24.3 Å². The van der Waals surface area contributed by atoms with E-state index in [9.17, 15) is 9.59 Å². The summed E-state index contributed by atoms with van der Waals surface area (Å²) in [6.45, 7) is 8.52. The zero-order valence-electron chi connectivity index (χ0n) is 15.2. The molecule has 0 spiro atoms. The first-order chi connectivity index (χ1) is 12.0. The molecule has 5 nitrogen and oxygen atoms in total. The highest BCUT2D eigenvalue weighted by Crippen LogP contribution is 2.36. The number of para-hydroxylation sites is 1. The van der Waals surface area contributed by atoms with Crippen molar-refractivity contribution >= 4 is 17.6 Å². The van der Waals surface area contributed by atoms with Crippen molar-refractivity contribution in [3.8, 4) is 0 Å². The van der Waals surface area contributed by atoms with E-state index in [2.05, 4.69) is 18.0 Å². The van der Waals surface area contributed by atoms with Crippen LogP contribution in [0.3, 0.4) is 0 Å². The minimum atomic E-state index is -0.388. The Balaban J connectivity index is 1.99. The molecular weight excluding hydrogens is 316 g/mol. The van der Waals surface area contributed by atoms with Crippen molar-refractivity contribution in [2.24, 2.45) is 0 Å². The predicted molar refractivity (Wildman–Crippen MR) is 97.4 cm³/mol. The summed E-state index contributed by atoms with van der Waals surface area (Å²) in [6, 6.07) is 8.02. The number of aryl methyl sites for hydroxylation is 1. The summed E-state index contributed by atoms with van der Waals surface area (Å²) in [5, 5.41) is 0. The SMILES string of the molecule is CCOC(=O)c1c(C)[nH]c(C(=O)N2CCC(C)c3ccccc32)c1C. The Kier molecular flexibility index (Phi) is 4.66. The highest BCUT2D eigenvalue weighted by molar-refractivity contribution is 6.08. The monoisotopic (exact) mass is 340 g/mol. The third-order valence-electron chi connectivity index (χ3n) is 4.92. The number of rotatable bonds is 3. The summed E-state index contributed by atoms with van der Waals surface area (Å²) in [4.78, 5) is 30.3. The lowest BCUT2D eigenvalue weighted by atomic mass is 9.91. The highest BCUT2D eigenvalue weighted by atomic mass is 16.5. The van der Waals surface area contributed by atoms with Gasteiger partial charge in [0.2, 0.25) is 0 Å². The minimum absolute atomic E-state index is 0.101. The van der Waals surface area contributed by atoms with Crippen molar-refractivity contribution in [2.45, 2.75) is 40.0 Å². The molecule has 2 heterocycles. The van der Waals surface area contributed by atoms with E-state index in [1.807, 2.05) is 23.1 Å². The molecule has 1 unspecified atom stereocenters. The maximum Gasteiger partial charge on any atom is 0.340 e. The molecule has 0 bridgehead atoms. The van der Waals surface area contributed by atoms with Crippen LogP contribution in [0.25, 0.3) is 0 Å². The largest absolute Gasteiger partial charge is 0.462 e. The molecule has 132 valence electrons. The molecule has 0 aliphatic carbocycles. The smallest absolute Gasteiger partial charge is 0.340 e. The molecule has 1 atom stereocenters. The lowest BCUT2D eigenvalue weighted by Gasteiger charge is -2.32. The number of carbonyl (C=O) groups excluding carboxylic acids is 2. The molecule has 25 heavy (non-hydrogen) atoms. The Morgan fingerprint density at radius 1 is 1.28 bits per heavy atom. The van der Waals surface area contributed by atoms with Crippen LogP contribution in [0.4, 0.5) is 5.69 Å². The van der Waals surface area contributed by atoms with E-state index < -0.39 is 0 Å². The Labute approximate surface area is 148 Å². The molecule has 1 aliphatic heterocycles. The summed E-state index contributed by atoms with van der Waals surface area (Å²) in [5.41, 5.74) is 4.38. The van der Waals surface area contributed by atoms with Gasteiger partial charge < -0.3 is 14.6 Å². The number of hydrogen-bond acceptors (Lipinski definition) is 3. The Morgan fingerprint density at radius 3 is 2.72 bits per heavy atom. The fourth-order valence-corrected chi connectivity index (χ4v) is 3.57. The third kappa shape index (κ3) is 2.95. The number of benzene rings is 1. The number of ether oxygens (including phenoxy) is 1. The molecule has 5 heteroatoms. The van der Waals surface area contributed by atoms with Gasteiger partial charge in [0.05, 0.1) is 12.2 Å². The third-order valence-corrected chi connectivity index (χ3v) is 4.92. The van der Waals surface area contributed by atoms with Crippen molar-refractivity contribution in [1.82, 2.24) is 4.98 Å². The van der Waals surface area contributed by atoms with Gasteiger partial charge in [-0.1, -0.05) is 25.1 Å². The number of H-pyrrole nitrogens is 1. The fourth-order valence-electron chi connectivity index (χ4n) is 3.57. The molecule has 1 N–H and O–H groups in total. The number of amides is 1. The molecule has 0 radical (unpaired) electrons. The van der Waals surface area contributed by atoms with Gasteiger partial charge in [0.1, 0.15) is 5.69 Å². The summed E-state index contributed by atoms with van der Waals surface area (Å²) in [7, 11) is 0. The van der Waals surface area contributed by atoms with Crippen LogP contribution in [0.1, 0.15) is 63.9 Å². The number of anilines is 1. The molecule has 0 saturated carbocycles. The standard InChI is InChI=1S/C20H24N2O3/c1-5-25-20(24)17-13(3)18(21-14(17)4)19(23)22-11-10-12(2)15-8-6-7-9-16(15)22/h6-9,12,21H,5,10-11H2,1-4H3. The van der Waals surface area contributed by atoms with E-state index in [1.54, 1.807) is 20.8 Å². The molecule has 0 fully saturated rings. The van der Waals surface area contributed by atoms with Crippen LogP contribution in [-0.2, 0) is 4.74 Å².